The molecule has 1 rings (SSSR count). The second-order valence-corrected chi connectivity index (χ2v) is 4.92. The highest BCUT2D eigenvalue weighted by Crippen LogP contribution is 2.23. The van der Waals surface area contributed by atoms with E-state index in [-0.39, 0.29) is 28.6 Å². The first kappa shape index (κ1) is 14.5. The molecule has 2 atom stereocenters. The molecule has 0 aliphatic carbocycles. The molecule has 1 aromatic rings. The van der Waals surface area contributed by atoms with Gasteiger partial charge in [-0.15, -0.1) is 0 Å². The molecule has 96 valence electrons. The minimum Gasteiger partial charge on any atom is -0.382 e. The van der Waals surface area contributed by atoms with Crippen LogP contribution in [-0.4, -0.2) is 19.3 Å². The maximum absolute atomic E-state index is 13.7. The third-order valence-electron chi connectivity index (χ3n) is 2.64. The standard InChI is InChI=1S/C12H16BrF2NO/c1-7(17-2)5-8(16)6-9-11(14)4-3-10(13)12(9)15/h3-4,7-8H,5-6,16H2,1-2H3. The lowest BCUT2D eigenvalue weighted by atomic mass is 10.0. The number of ether oxygens (including phenoxy) is 1. The van der Waals surface area contributed by atoms with E-state index >= 15 is 0 Å². The smallest absolute Gasteiger partial charge is 0.143 e. The van der Waals surface area contributed by atoms with Crippen LogP contribution in [0.5, 0.6) is 0 Å². The number of hydrogen-bond acceptors (Lipinski definition) is 2. The van der Waals surface area contributed by atoms with Crippen LogP contribution in [0.25, 0.3) is 0 Å². The fourth-order valence-corrected chi connectivity index (χ4v) is 2.00. The summed E-state index contributed by atoms with van der Waals surface area (Å²) in [5.74, 6) is -1.14. The van der Waals surface area contributed by atoms with Gasteiger partial charge >= 0.3 is 0 Å². The Balaban J connectivity index is 2.77. The van der Waals surface area contributed by atoms with Gasteiger partial charge in [-0.1, -0.05) is 0 Å². The number of nitrogens with two attached hydrogens (primary N) is 1. The molecule has 1 aromatic carbocycles. The van der Waals surface area contributed by atoms with Crippen molar-refractivity contribution in [3.8, 4) is 0 Å². The molecule has 0 saturated carbocycles. The number of halogens is 3. The predicted octanol–water partition coefficient (Wildman–Crippen LogP) is 3.02. The van der Waals surface area contributed by atoms with Gasteiger partial charge < -0.3 is 10.5 Å². The number of rotatable bonds is 5. The van der Waals surface area contributed by atoms with Gasteiger partial charge in [0.15, 0.2) is 0 Å². The molecule has 2 nitrogen and oxygen atoms in total. The van der Waals surface area contributed by atoms with Crippen molar-refractivity contribution in [2.75, 3.05) is 7.11 Å². The minimum absolute atomic E-state index is 0.0233. The number of benzene rings is 1. The Labute approximate surface area is 108 Å². The summed E-state index contributed by atoms with van der Waals surface area (Å²) in [5.41, 5.74) is 5.86. The monoisotopic (exact) mass is 307 g/mol. The highest BCUT2D eigenvalue weighted by atomic mass is 79.9. The Morgan fingerprint density at radius 1 is 1.41 bits per heavy atom. The van der Waals surface area contributed by atoms with Crippen molar-refractivity contribution in [1.29, 1.82) is 0 Å². The Morgan fingerprint density at radius 3 is 2.65 bits per heavy atom. The molecule has 0 heterocycles. The first-order valence-electron chi connectivity index (χ1n) is 5.36. The third-order valence-corrected chi connectivity index (χ3v) is 3.25. The molecule has 0 aliphatic heterocycles. The van der Waals surface area contributed by atoms with Crippen molar-refractivity contribution in [3.05, 3.63) is 33.8 Å². The quantitative estimate of drug-likeness (QED) is 0.849. The van der Waals surface area contributed by atoms with Gasteiger partial charge in [0.05, 0.1) is 10.6 Å². The summed E-state index contributed by atoms with van der Waals surface area (Å²) >= 11 is 3.03. The normalized spacial score (nSPS) is 14.7. The zero-order valence-electron chi connectivity index (χ0n) is 9.84. The molecule has 0 bridgehead atoms. The molecule has 0 fully saturated rings. The molecule has 0 aliphatic rings. The molecule has 5 heteroatoms. The molecule has 17 heavy (non-hydrogen) atoms. The topological polar surface area (TPSA) is 35.2 Å². The van der Waals surface area contributed by atoms with E-state index in [4.69, 9.17) is 10.5 Å². The zero-order valence-corrected chi connectivity index (χ0v) is 11.4. The Morgan fingerprint density at radius 2 is 2.06 bits per heavy atom. The highest BCUT2D eigenvalue weighted by Gasteiger charge is 2.17. The van der Waals surface area contributed by atoms with Crippen LogP contribution in [0.3, 0.4) is 0 Å². The van der Waals surface area contributed by atoms with Crippen LogP contribution < -0.4 is 5.73 Å². The summed E-state index contributed by atoms with van der Waals surface area (Å²) in [6, 6.07) is 2.25. The maximum atomic E-state index is 13.7. The summed E-state index contributed by atoms with van der Waals surface area (Å²) in [7, 11) is 1.58. The maximum Gasteiger partial charge on any atom is 0.143 e. The lowest BCUT2D eigenvalue weighted by Crippen LogP contribution is -2.28. The first-order chi connectivity index (χ1) is 7.95. The second-order valence-electron chi connectivity index (χ2n) is 4.07. The fraction of sp³-hybridized carbons (Fsp3) is 0.500. The largest absolute Gasteiger partial charge is 0.382 e. The van der Waals surface area contributed by atoms with E-state index in [1.165, 1.54) is 12.1 Å². The minimum atomic E-state index is -0.578. The van der Waals surface area contributed by atoms with E-state index in [2.05, 4.69) is 15.9 Å². The molecular weight excluding hydrogens is 292 g/mol. The first-order valence-corrected chi connectivity index (χ1v) is 6.15. The van der Waals surface area contributed by atoms with E-state index < -0.39 is 11.6 Å². The van der Waals surface area contributed by atoms with E-state index in [1.807, 2.05) is 6.92 Å². The van der Waals surface area contributed by atoms with Crippen LogP contribution in [0.2, 0.25) is 0 Å². The second kappa shape index (κ2) is 6.42. The van der Waals surface area contributed by atoms with Gasteiger partial charge in [0.25, 0.3) is 0 Å². The van der Waals surface area contributed by atoms with Crippen LogP contribution in [0.1, 0.15) is 18.9 Å². The summed E-state index contributed by atoms with van der Waals surface area (Å²) < 4.78 is 32.4. The van der Waals surface area contributed by atoms with Crippen molar-refractivity contribution >= 4 is 15.9 Å². The van der Waals surface area contributed by atoms with Gasteiger partial charge in [-0.3, -0.25) is 0 Å². The van der Waals surface area contributed by atoms with Gasteiger partial charge in [-0.2, -0.15) is 0 Å². The van der Waals surface area contributed by atoms with E-state index in [0.29, 0.717) is 6.42 Å². The van der Waals surface area contributed by atoms with Crippen LogP contribution in [0.4, 0.5) is 8.78 Å². The van der Waals surface area contributed by atoms with E-state index in [9.17, 15) is 8.78 Å². The number of hydrogen-bond donors (Lipinski definition) is 1. The molecule has 2 unspecified atom stereocenters. The lowest BCUT2D eigenvalue weighted by molar-refractivity contribution is 0.104. The molecule has 0 radical (unpaired) electrons. The molecule has 0 spiro atoms. The molecule has 0 saturated heterocycles. The molecule has 0 amide bonds. The summed E-state index contributed by atoms with van der Waals surface area (Å²) in [6.45, 7) is 1.87. The van der Waals surface area contributed by atoms with Crippen LogP contribution in [0.15, 0.2) is 16.6 Å². The van der Waals surface area contributed by atoms with Gasteiger partial charge in [0.2, 0.25) is 0 Å². The highest BCUT2D eigenvalue weighted by molar-refractivity contribution is 9.10. The third kappa shape index (κ3) is 4.01. The predicted molar refractivity (Wildman–Crippen MR) is 66.8 cm³/mol. The SMILES string of the molecule is COC(C)CC(N)Cc1c(F)ccc(Br)c1F. The average Bonchev–Trinajstić information content (AvgIpc) is 2.29. The van der Waals surface area contributed by atoms with Crippen molar-refractivity contribution < 1.29 is 13.5 Å². The van der Waals surface area contributed by atoms with E-state index in [1.54, 1.807) is 7.11 Å². The van der Waals surface area contributed by atoms with Gasteiger partial charge in [0, 0.05) is 18.7 Å². The average molecular weight is 308 g/mol. The molecule has 2 N–H and O–H groups in total. The summed E-state index contributed by atoms with van der Waals surface area (Å²) in [5, 5.41) is 0. The molecule has 0 aromatic heterocycles. The number of methoxy groups -OCH3 is 1. The van der Waals surface area contributed by atoms with Crippen molar-refractivity contribution in [2.24, 2.45) is 5.73 Å². The van der Waals surface area contributed by atoms with Crippen LogP contribution >= 0.6 is 15.9 Å². The lowest BCUT2D eigenvalue weighted by Gasteiger charge is -2.17. The van der Waals surface area contributed by atoms with Gasteiger partial charge in [0.1, 0.15) is 11.6 Å². The Bertz CT molecular complexity index is 387. The Kier molecular flexibility index (Phi) is 5.49. The van der Waals surface area contributed by atoms with Gasteiger partial charge in [-0.25, -0.2) is 8.78 Å². The van der Waals surface area contributed by atoms with Crippen LogP contribution in [-0.2, 0) is 11.2 Å². The van der Waals surface area contributed by atoms with Crippen LogP contribution in [0, 0.1) is 11.6 Å². The fourth-order valence-electron chi connectivity index (χ4n) is 1.62. The zero-order chi connectivity index (χ0) is 13.0. The van der Waals surface area contributed by atoms with Gasteiger partial charge in [-0.05, 0) is 47.8 Å². The van der Waals surface area contributed by atoms with Crippen molar-refractivity contribution in [3.63, 3.8) is 0 Å². The van der Waals surface area contributed by atoms with E-state index in [0.717, 1.165) is 0 Å². The van der Waals surface area contributed by atoms with Crippen molar-refractivity contribution in [2.45, 2.75) is 31.9 Å². The van der Waals surface area contributed by atoms with Crippen molar-refractivity contribution in [1.82, 2.24) is 0 Å². The summed E-state index contributed by atoms with van der Waals surface area (Å²) in [6.07, 6.45) is 0.690. The summed E-state index contributed by atoms with van der Waals surface area (Å²) in [4.78, 5) is 0. The Hall–Kier alpha value is -0.520. The molecular formula is C12H16BrF2NO.